The molecule has 2 aliphatic carbocycles. The van der Waals surface area contributed by atoms with Crippen LogP contribution in [0, 0.1) is 11.8 Å². The van der Waals surface area contributed by atoms with Crippen LogP contribution >= 0.6 is 11.8 Å². The number of nitrogens with two attached hydrogens (primary N) is 1. The lowest BCUT2D eigenvalue weighted by Crippen LogP contribution is -2.41. The van der Waals surface area contributed by atoms with Crippen LogP contribution in [0.15, 0.2) is 0 Å². The van der Waals surface area contributed by atoms with E-state index in [1.807, 2.05) is 7.05 Å². The standard InChI is InChI=1S/C15H28N2OS/c1-3-19-13-8-7-12(9-13)17(2)15(18)14-6-4-5-11(14)10-16/h11-14H,3-10,16H2,1-2H3/t11-,12?,13?,14-/m1/s1. The normalized spacial score (nSPS) is 34.7. The zero-order chi connectivity index (χ0) is 13.8. The van der Waals surface area contributed by atoms with Crippen LogP contribution in [0.4, 0.5) is 0 Å². The molecular weight excluding hydrogens is 256 g/mol. The highest BCUT2D eigenvalue weighted by molar-refractivity contribution is 7.99. The van der Waals surface area contributed by atoms with Crippen molar-refractivity contribution >= 4 is 17.7 Å². The number of hydrogen-bond donors (Lipinski definition) is 1. The molecule has 2 unspecified atom stereocenters. The number of amides is 1. The van der Waals surface area contributed by atoms with E-state index in [4.69, 9.17) is 5.73 Å². The average molecular weight is 284 g/mol. The minimum absolute atomic E-state index is 0.202. The molecule has 0 spiro atoms. The van der Waals surface area contributed by atoms with Crippen molar-refractivity contribution in [1.82, 2.24) is 4.90 Å². The van der Waals surface area contributed by atoms with E-state index < -0.39 is 0 Å². The molecule has 0 radical (unpaired) electrons. The largest absolute Gasteiger partial charge is 0.342 e. The molecule has 3 nitrogen and oxygen atoms in total. The Morgan fingerprint density at radius 3 is 2.79 bits per heavy atom. The summed E-state index contributed by atoms with van der Waals surface area (Å²) in [6.45, 7) is 2.89. The molecule has 2 aliphatic rings. The lowest BCUT2D eigenvalue weighted by Gasteiger charge is -2.29. The third kappa shape index (κ3) is 3.46. The van der Waals surface area contributed by atoms with E-state index in [1.54, 1.807) is 0 Å². The summed E-state index contributed by atoms with van der Waals surface area (Å²) in [5, 5.41) is 0.763. The van der Waals surface area contributed by atoms with Crippen LogP contribution in [-0.4, -0.2) is 41.4 Å². The minimum Gasteiger partial charge on any atom is -0.342 e. The van der Waals surface area contributed by atoms with Gasteiger partial charge in [-0.05, 0) is 50.3 Å². The summed E-state index contributed by atoms with van der Waals surface area (Å²) < 4.78 is 0. The maximum absolute atomic E-state index is 12.6. The van der Waals surface area contributed by atoms with Gasteiger partial charge in [-0.2, -0.15) is 11.8 Å². The zero-order valence-corrected chi connectivity index (χ0v) is 13.1. The van der Waals surface area contributed by atoms with Crippen LogP contribution < -0.4 is 5.73 Å². The average Bonchev–Trinajstić information content (AvgIpc) is 3.05. The fraction of sp³-hybridized carbons (Fsp3) is 0.933. The number of rotatable bonds is 5. The van der Waals surface area contributed by atoms with E-state index in [2.05, 4.69) is 23.6 Å². The molecule has 0 heterocycles. The lowest BCUT2D eigenvalue weighted by atomic mass is 9.94. The first-order valence-corrected chi connectivity index (χ1v) is 8.80. The summed E-state index contributed by atoms with van der Waals surface area (Å²) in [5.74, 6) is 2.18. The number of carbonyl (C=O) groups excluding carboxylic acids is 1. The van der Waals surface area contributed by atoms with Gasteiger partial charge in [0, 0.05) is 24.3 Å². The Hall–Kier alpha value is -0.220. The highest BCUT2D eigenvalue weighted by atomic mass is 32.2. The van der Waals surface area contributed by atoms with Crippen molar-refractivity contribution in [2.45, 2.75) is 56.7 Å². The smallest absolute Gasteiger partial charge is 0.226 e. The Morgan fingerprint density at radius 1 is 1.32 bits per heavy atom. The van der Waals surface area contributed by atoms with Crippen molar-refractivity contribution in [3.05, 3.63) is 0 Å². The number of hydrogen-bond acceptors (Lipinski definition) is 3. The van der Waals surface area contributed by atoms with Gasteiger partial charge in [-0.25, -0.2) is 0 Å². The summed E-state index contributed by atoms with van der Waals surface area (Å²) in [6.07, 6.45) is 6.99. The van der Waals surface area contributed by atoms with Crippen LogP contribution in [0.3, 0.4) is 0 Å². The SMILES string of the molecule is CCSC1CCC(N(C)C(=O)[C@@H]2CCC[C@@H]2CN)C1. The molecule has 2 N–H and O–H groups in total. The first-order valence-electron chi connectivity index (χ1n) is 7.75. The number of carbonyl (C=O) groups is 1. The first-order chi connectivity index (χ1) is 9.17. The predicted molar refractivity (Wildman–Crippen MR) is 82.2 cm³/mol. The highest BCUT2D eigenvalue weighted by Crippen LogP contribution is 2.36. The Balaban J connectivity index is 1.89. The topological polar surface area (TPSA) is 46.3 Å². The molecule has 2 fully saturated rings. The molecule has 19 heavy (non-hydrogen) atoms. The highest BCUT2D eigenvalue weighted by Gasteiger charge is 2.37. The quantitative estimate of drug-likeness (QED) is 0.843. The maximum atomic E-state index is 12.6. The fourth-order valence-corrected chi connectivity index (χ4v) is 4.87. The predicted octanol–water partition coefficient (Wildman–Crippen LogP) is 2.49. The Morgan fingerprint density at radius 2 is 2.11 bits per heavy atom. The van der Waals surface area contributed by atoms with Crippen LogP contribution in [0.5, 0.6) is 0 Å². The Kier molecular flexibility index (Phi) is 5.58. The van der Waals surface area contributed by atoms with Crippen LogP contribution in [0.2, 0.25) is 0 Å². The molecule has 4 heteroatoms. The van der Waals surface area contributed by atoms with E-state index in [1.165, 1.54) is 31.4 Å². The molecule has 0 saturated heterocycles. The number of nitrogens with zero attached hydrogens (tertiary/aromatic N) is 1. The van der Waals surface area contributed by atoms with Crippen molar-refractivity contribution in [1.29, 1.82) is 0 Å². The Bertz CT molecular complexity index is 311. The molecule has 4 atom stereocenters. The molecule has 0 aromatic carbocycles. The summed E-state index contributed by atoms with van der Waals surface area (Å²) in [6, 6.07) is 0.468. The molecule has 110 valence electrons. The van der Waals surface area contributed by atoms with Crippen LogP contribution in [-0.2, 0) is 4.79 Å². The summed E-state index contributed by atoms with van der Waals surface area (Å²) in [5.41, 5.74) is 5.80. The summed E-state index contributed by atoms with van der Waals surface area (Å²) in [7, 11) is 2.01. The van der Waals surface area contributed by atoms with E-state index in [9.17, 15) is 4.79 Å². The summed E-state index contributed by atoms with van der Waals surface area (Å²) in [4.78, 5) is 14.7. The second-order valence-electron chi connectivity index (χ2n) is 6.03. The minimum atomic E-state index is 0.202. The molecule has 0 bridgehead atoms. The van der Waals surface area contributed by atoms with Crippen LogP contribution in [0.1, 0.15) is 45.4 Å². The van der Waals surface area contributed by atoms with Gasteiger partial charge >= 0.3 is 0 Å². The van der Waals surface area contributed by atoms with Crippen LogP contribution in [0.25, 0.3) is 0 Å². The van der Waals surface area contributed by atoms with Crippen molar-refractivity contribution in [3.63, 3.8) is 0 Å². The van der Waals surface area contributed by atoms with Gasteiger partial charge in [0.05, 0.1) is 0 Å². The van der Waals surface area contributed by atoms with Gasteiger partial charge in [0.25, 0.3) is 0 Å². The Labute approximate surface area is 121 Å². The van der Waals surface area contributed by atoms with Gasteiger partial charge in [0.1, 0.15) is 0 Å². The van der Waals surface area contributed by atoms with E-state index in [-0.39, 0.29) is 5.92 Å². The second-order valence-corrected chi connectivity index (χ2v) is 7.60. The van der Waals surface area contributed by atoms with Crippen molar-refractivity contribution in [2.75, 3.05) is 19.3 Å². The third-order valence-electron chi connectivity index (χ3n) is 4.93. The van der Waals surface area contributed by atoms with Crippen molar-refractivity contribution < 1.29 is 4.79 Å². The van der Waals surface area contributed by atoms with Gasteiger partial charge < -0.3 is 10.6 Å². The molecular formula is C15H28N2OS. The van der Waals surface area contributed by atoms with Crippen molar-refractivity contribution in [3.8, 4) is 0 Å². The van der Waals surface area contributed by atoms with E-state index in [0.29, 0.717) is 24.4 Å². The van der Waals surface area contributed by atoms with Gasteiger partial charge in [0.15, 0.2) is 0 Å². The third-order valence-corrected chi connectivity index (χ3v) is 6.17. The second kappa shape index (κ2) is 6.98. The van der Waals surface area contributed by atoms with Gasteiger partial charge in [0.2, 0.25) is 5.91 Å². The molecule has 2 rings (SSSR count). The lowest BCUT2D eigenvalue weighted by molar-refractivity contribution is -0.137. The first kappa shape index (κ1) is 15.2. The number of thioether (sulfide) groups is 1. The molecule has 2 saturated carbocycles. The molecule has 0 aromatic rings. The van der Waals surface area contributed by atoms with E-state index in [0.717, 1.165) is 18.1 Å². The van der Waals surface area contributed by atoms with Crippen molar-refractivity contribution in [2.24, 2.45) is 17.6 Å². The monoisotopic (exact) mass is 284 g/mol. The van der Waals surface area contributed by atoms with Gasteiger partial charge in [-0.3, -0.25) is 4.79 Å². The summed E-state index contributed by atoms with van der Waals surface area (Å²) >= 11 is 2.05. The molecule has 1 amide bonds. The molecule has 0 aliphatic heterocycles. The maximum Gasteiger partial charge on any atom is 0.226 e. The van der Waals surface area contributed by atoms with Gasteiger partial charge in [-0.15, -0.1) is 0 Å². The fourth-order valence-electron chi connectivity index (χ4n) is 3.74. The van der Waals surface area contributed by atoms with Gasteiger partial charge in [-0.1, -0.05) is 13.3 Å². The van der Waals surface area contributed by atoms with E-state index >= 15 is 0 Å². The zero-order valence-electron chi connectivity index (χ0n) is 12.3. The molecule has 0 aromatic heterocycles.